The van der Waals surface area contributed by atoms with Crippen LogP contribution in [0.3, 0.4) is 0 Å². The summed E-state index contributed by atoms with van der Waals surface area (Å²) in [5, 5.41) is 3.14. The van der Waals surface area contributed by atoms with Crippen molar-refractivity contribution >= 4 is 11.8 Å². The van der Waals surface area contributed by atoms with Gasteiger partial charge in [-0.15, -0.1) is 0 Å². The van der Waals surface area contributed by atoms with Crippen LogP contribution in [0.4, 0.5) is 4.39 Å². The van der Waals surface area contributed by atoms with E-state index >= 15 is 0 Å². The standard InChI is InChI=1S/C25H31FN2O3/c1-2-23(25(30)27-21-9-5-3-6-10-21)28(17-19-13-15-20(26)16-14-19)24(29)18-31-22-11-7-4-8-12-22/h4,7-8,11-16,21,23H,2-3,5-6,9-10,17-18H2,1H3,(H,27,30)/t23-/m1/s1. The van der Waals surface area contributed by atoms with Crippen molar-refractivity contribution in [2.75, 3.05) is 6.61 Å². The maximum absolute atomic E-state index is 13.3. The van der Waals surface area contributed by atoms with Gasteiger partial charge in [0.05, 0.1) is 0 Å². The van der Waals surface area contributed by atoms with E-state index in [1.807, 2.05) is 25.1 Å². The number of amides is 2. The van der Waals surface area contributed by atoms with Crippen LogP contribution in [0.5, 0.6) is 5.75 Å². The minimum Gasteiger partial charge on any atom is -0.484 e. The summed E-state index contributed by atoms with van der Waals surface area (Å²) in [5.41, 5.74) is 0.762. The van der Waals surface area contributed by atoms with Crippen LogP contribution in [0.25, 0.3) is 0 Å². The van der Waals surface area contributed by atoms with Crippen LogP contribution in [0.1, 0.15) is 51.0 Å². The molecule has 0 radical (unpaired) electrons. The first-order chi connectivity index (χ1) is 15.1. The van der Waals surface area contributed by atoms with Gasteiger partial charge in [0.2, 0.25) is 5.91 Å². The molecule has 1 saturated carbocycles. The molecule has 0 heterocycles. The molecule has 1 fully saturated rings. The van der Waals surface area contributed by atoms with Gasteiger partial charge in [-0.05, 0) is 49.1 Å². The molecule has 6 heteroatoms. The van der Waals surface area contributed by atoms with E-state index in [0.717, 1.165) is 31.2 Å². The SMILES string of the molecule is CC[C@H](C(=O)NC1CCCCC1)N(Cc1ccc(F)cc1)C(=O)COc1ccccc1. The zero-order valence-corrected chi connectivity index (χ0v) is 18.1. The van der Waals surface area contributed by atoms with Gasteiger partial charge in [-0.1, -0.05) is 56.5 Å². The van der Waals surface area contributed by atoms with Gasteiger partial charge < -0.3 is 15.0 Å². The summed E-state index contributed by atoms with van der Waals surface area (Å²) in [4.78, 5) is 27.8. The summed E-state index contributed by atoms with van der Waals surface area (Å²) in [5.74, 6) is -0.156. The highest BCUT2D eigenvalue weighted by atomic mass is 19.1. The number of nitrogens with one attached hydrogen (secondary N) is 1. The van der Waals surface area contributed by atoms with Crippen LogP contribution in [-0.2, 0) is 16.1 Å². The van der Waals surface area contributed by atoms with Crippen LogP contribution in [0.15, 0.2) is 54.6 Å². The van der Waals surface area contributed by atoms with E-state index in [-0.39, 0.29) is 36.8 Å². The maximum Gasteiger partial charge on any atom is 0.261 e. The molecule has 5 nitrogen and oxygen atoms in total. The third kappa shape index (κ3) is 6.81. The van der Waals surface area contributed by atoms with Crippen LogP contribution in [0.2, 0.25) is 0 Å². The summed E-state index contributed by atoms with van der Waals surface area (Å²) in [6.45, 7) is 1.94. The number of halogens is 1. The molecule has 1 aliphatic carbocycles. The molecule has 0 saturated heterocycles. The molecule has 31 heavy (non-hydrogen) atoms. The number of para-hydroxylation sites is 1. The number of benzene rings is 2. The quantitative estimate of drug-likeness (QED) is 0.644. The fourth-order valence-corrected chi connectivity index (χ4v) is 4.00. The van der Waals surface area contributed by atoms with Crippen LogP contribution < -0.4 is 10.1 Å². The van der Waals surface area contributed by atoms with Gasteiger partial charge >= 0.3 is 0 Å². The average molecular weight is 427 g/mol. The molecule has 1 atom stereocenters. The topological polar surface area (TPSA) is 58.6 Å². The Hall–Kier alpha value is -2.89. The largest absolute Gasteiger partial charge is 0.484 e. The Balaban J connectivity index is 1.73. The van der Waals surface area contributed by atoms with E-state index in [0.29, 0.717) is 12.2 Å². The van der Waals surface area contributed by atoms with Crippen molar-refractivity contribution in [2.24, 2.45) is 0 Å². The van der Waals surface area contributed by atoms with Crippen molar-refractivity contribution in [2.45, 2.75) is 64.1 Å². The molecule has 1 N–H and O–H groups in total. The number of nitrogens with zero attached hydrogens (tertiary/aromatic N) is 1. The normalized spacial score (nSPS) is 15.2. The van der Waals surface area contributed by atoms with Crippen molar-refractivity contribution in [1.29, 1.82) is 0 Å². The molecule has 1 aliphatic rings. The molecular weight excluding hydrogens is 395 g/mol. The van der Waals surface area contributed by atoms with Gasteiger partial charge in [0.15, 0.2) is 6.61 Å². The fourth-order valence-electron chi connectivity index (χ4n) is 4.00. The molecule has 0 unspecified atom stereocenters. The first kappa shape index (κ1) is 22.8. The van der Waals surface area contributed by atoms with Gasteiger partial charge in [-0.25, -0.2) is 4.39 Å². The average Bonchev–Trinajstić information content (AvgIpc) is 2.80. The van der Waals surface area contributed by atoms with Crippen molar-refractivity contribution in [1.82, 2.24) is 10.2 Å². The highest BCUT2D eigenvalue weighted by molar-refractivity contribution is 5.88. The van der Waals surface area contributed by atoms with Gasteiger partial charge in [0.25, 0.3) is 5.91 Å². The Kier molecular flexibility index (Phi) is 8.44. The lowest BCUT2D eigenvalue weighted by atomic mass is 9.95. The Morgan fingerprint density at radius 2 is 1.74 bits per heavy atom. The van der Waals surface area contributed by atoms with Crippen molar-refractivity contribution in [3.63, 3.8) is 0 Å². The summed E-state index contributed by atoms with van der Waals surface area (Å²) in [6.07, 6.45) is 5.87. The first-order valence-electron chi connectivity index (χ1n) is 11.1. The highest BCUT2D eigenvalue weighted by Crippen LogP contribution is 2.19. The smallest absolute Gasteiger partial charge is 0.261 e. The Bertz CT molecular complexity index is 836. The van der Waals surface area contributed by atoms with Crippen LogP contribution in [0, 0.1) is 5.82 Å². The lowest BCUT2D eigenvalue weighted by Gasteiger charge is -2.32. The van der Waals surface area contributed by atoms with Crippen LogP contribution in [-0.4, -0.2) is 35.4 Å². The second kappa shape index (κ2) is 11.5. The molecule has 2 amide bonds. The van der Waals surface area contributed by atoms with Gasteiger partial charge in [-0.3, -0.25) is 9.59 Å². The molecule has 0 bridgehead atoms. The summed E-state index contributed by atoms with van der Waals surface area (Å²) >= 11 is 0. The number of ether oxygens (including phenoxy) is 1. The summed E-state index contributed by atoms with van der Waals surface area (Å²) < 4.78 is 19.0. The molecule has 0 spiro atoms. The summed E-state index contributed by atoms with van der Waals surface area (Å²) in [7, 11) is 0. The minimum absolute atomic E-state index is 0.135. The van der Waals surface area contributed by atoms with Gasteiger partial charge in [0, 0.05) is 12.6 Å². The van der Waals surface area contributed by atoms with E-state index < -0.39 is 6.04 Å². The number of carbonyl (C=O) groups is 2. The Labute approximate surface area is 183 Å². The zero-order chi connectivity index (χ0) is 22.1. The minimum atomic E-state index is -0.612. The van der Waals surface area contributed by atoms with E-state index in [1.54, 1.807) is 29.2 Å². The second-order valence-corrected chi connectivity index (χ2v) is 8.02. The highest BCUT2D eigenvalue weighted by Gasteiger charge is 2.30. The van der Waals surface area contributed by atoms with E-state index in [1.165, 1.54) is 18.6 Å². The van der Waals surface area contributed by atoms with Gasteiger partial charge in [-0.2, -0.15) is 0 Å². The fraction of sp³-hybridized carbons (Fsp3) is 0.440. The number of rotatable bonds is 9. The van der Waals surface area contributed by atoms with Crippen molar-refractivity contribution < 1.29 is 18.7 Å². The van der Waals surface area contributed by atoms with E-state index in [2.05, 4.69) is 5.32 Å². The maximum atomic E-state index is 13.3. The number of hydrogen-bond acceptors (Lipinski definition) is 3. The molecule has 0 aliphatic heterocycles. The lowest BCUT2D eigenvalue weighted by Crippen LogP contribution is -2.52. The Morgan fingerprint density at radius 1 is 1.06 bits per heavy atom. The molecule has 0 aromatic heterocycles. The van der Waals surface area contributed by atoms with E-state index in [4.69, 9.17) is 4.74 Å². The van der Waals surface area contributed by atoms with Gasteiger partial charge in [0.1, 0.15) is 17.6 Å². The summed E-state index contributed by atoms with van der Waals surface area (Å²) in [6, 6.07) is 14.7. The molecule has 3 rings (SSSR count). The second-order valence-electron chi connectivity index (χ2n) is 8.02. The number of carbonyl (C=O) groups excluding carboxylic acids is 2. The third-order valence-electron chi connectivity index (χ3n) is 5.71. The molecular formula is C25H31FN2O3. The third-order valence-corrected chi connectivity index (χ3v) is 5.71. The zero-order valence-electron chi connectivity index (χ0n) is 18.1. The Morgan fingerprint density at radius 3 is 2.39 bits per heavy atom. The molecule has 166 valence electrons. The monoisotopic (exact) mass is 426 g/mol. The predicted molar refractivity (Wildman–Crippen MR) is 118 cm³/mol. The predicted octanol–water partition coefficient (Wildman–Crippen LogP) is 4.46. The molecule has 2 aromatic carbocycles. The molecule has 2 aromatic rings. The first-order valence-corrected chi connectivity index (χ1v) is 11.1. The van der Waals surface area contributed by atoms with E-state index in [9.17, 15) is 14.0 Å². The lowest BCUT2D eigenvalue weighted by molar-refractivity contribution is -0.143. The van der Waals surface area contributed by atoms with Crippen molar-refractivity contribution in [3.8, 4) is 5.75 Å². The van der Waals surface area contributed by atoms with Crippen molar-refractivity contribution in [3.05, 3.63) is 66.0 Å². The van der Waals surface area contributed by atoms with Crippen LogP contribution >= 0.6 is 0 Å². The number of hydrogen-bond donors (Lipinski definition) is 1.